The topological polar surface area (TPSA) is 53.4 Å². The summed E-state index contributed by atoms with van der Waals surface area (Å²) < 4.78 is 0. The summed E-state index contributed by atoms with van der Waals surface area (Å²) in [5, 5.41) is 10.9. The molecule has 0 radical (unpaired) electrons. The lowest BCUT2D eigenvalue weighted by Crippen LogP contribution is -2.27. The highest BCUT2D eigenvalue weighted by Gasteiger charge is 2.26. The summed E-state index contributed by atoms with van der Waals surface area (Å²) in [7, 11) is 0. The molecular weight excluding hydrogens is 336 g/mol. The van der Waals surface area contributed by atoms with Gasteiger partial charge in [-0.2, -0.15) is 0 Å². The number of anilines is 1. The molecule has 4 heteroatoms. The van der Waals surface area contributed by atoms with Crippen molar-refractivity contribution < 1.29 is 9.90 Å². The molecule has 1 N–H and O–H groups in total. The van der Waals surface area contributed by atoms with Gasteiger partial charge in [-0.3, -0.25) is 0 Å². The zero-order chi connectivity index (χ0) is 18.8. The Hall–Kier alpha value is -2.88. The molecule has 0 unspecified atom stereocenters. The Bertz CT molecular complexity index is 975. The molecule has 1 aromatic heterocycles. The van der Waals surface area contributed by atoms with Crippen molar-refractivity contribution in [2.45, 2.75) is 32.6 Å². The standard InChI is InChI=1S/C23H24N2O2/c1-16-11-12-19-18(15-16)20(23(26)27)22(25-13-7-2-3-8-14-25)21(24-19)17-9-5-4-6-10-17/h4-6,9-12,15H,2-3,7-8,13-14H2,1H3,(H,26,27). The first kappa shape index (κ1) is 17.5. The van der Waals surface area contributed by atoms with Crippen LogP contribution in [0, 0.1) is 6.92 Å². The molecule has 0 spiro atoms. The second-order valence-corrected chi connectivity index (χ2v) is 7.28. The molecule has 1 saturated heterocycles. The number of hydrogen-bond acceptors (Lipinski definition) is 3. The Morgan fingerprint density at radius 3 is 2.37 bits per heavy atom. The highest BCUT2D eigenvalue weighted by molar-refractivity contribution is 6.10. The minimum absolute atomic E-state index is 0.379. The Morgan fingerprint density at radius 2 is 1.70 bits per heavy atom. The molecule has 1 aliphatic heterocycles. The van der Waals surface area contributed by atoms with Gasteiger partial charge in [0, 0.05) is 24.0 Å². The lowest BCUT2D eigenvalue weighted by molar-refractivity contribution is 0.0699. The summed E-state index contributed by atoms with van der Waals surface area (Å²) in [6.07, 6.45) is 4.55. The molecule has 27 heavy (non-hydrogen) atoms. The van der Waals surface area contributed by atoms with E-state index in [-0.39, 0.29) is 0 Å². The molecule has 2 heterocycles. The number of aromatic carboxylic acids is 1. The molecule has 1 fully saturated rings. The van der Waals surface area contributed by atoms with Crippen molar-refractivity contribution in [1.29, 1.82) is 0 Å². The Morgan fingerprint density at radius 1 is 1.00 bits per heavy atom. The van der Waals surface area contributed by atoms with Gasteiger partial charge in [-0.05, 0) is 31.9 Å². The Labute approximate surface area is 159 Å². The van der Waals surface area contributed by atoms with Crippen LogP contribution in [0.4, 0.5) is 5.69 Å². The maximum Gasteiger partial charge on any atom is 0.338 e. The van der Waals surface area contributed by atoms with E-state index in [4.69, 9.17) is 4.98 Å². The Kier molecular flexibility index (Phi) is 4.80. The molecule has 0 amide bonds. The minimum Gasteiger partial charge on any atom is -0.478 e. The fourth-order valence-corrected chi connectivity index (χ4v) is 3.98. The molecule has 0 atom stereocenters. The Balaban J connectivity index is 2.06. The number of pyridine rings is 1. The number of rotatable bonds is 3. The van der Waals surface area contributed by atoms with Crippen LogP contribution in [0.2, 0.25) is 0 Å². The van der Waals surface area contributed by atoms with Gasteiger partial charge in [0.25, 0.3) is 0 Å². The summed E-state index contributed by atoms with van der Waals surface area (Å²) in [6.45, 7) is 3.74. The number of nitrogens with zero attached hydrogens (tertiary/aromatic N) is 2. The molecule has 4 rings (SSSR count). The largest absolute Gasteiger partial charge is 0.478 e. The van der Waals surface area contributed by atoms with Crippen molar-refractivity contribution in [1.82, 2.24) is 4.98 Å². The van der Waals surface area contributed by atoms with Crippen molar-refractivity contribution >= 4 is 22.6 Å². The quantitative estimate of drug-likeness (QED) is 0.689. The third-order valence-electron chi connectivity index (χ3n) is 5.30. The smallest absolute Gasteiger partial charge is 0.338 e. The summed E-state index contributed by atoms with van der Waals surface area (Å²) in [5.41, 5.74) is 4.66. The molecule has 0 bridgehead atoms. The van der Waals surface area contributed by atoms with Crippen LogP contribution in [0.15, 0.2) is 48.5 Å². The van der Waals surface area contributed by atoms with E-state index >= 15 is 0 Å². The van der Waals surface area contributed by atoms with Crippen LogP contribution >= 0.6 is 0 Å². The lowest BCUT2D eigenvalue weighted by Gasteiger charge is -2.27. The summed E-state index contributed by atoms with van der Waals surface area (Å²) in [4.78, 5) is 19.6. The normalized spacial score (nSPS) is 14.9. The van der Waals surface area contributed by atoms with Crippen molar-refractivity contribution in [2.24, 2.45) is 0 Å². The molecular formula is C23H24N2O2. The number of hydrogen-bond donors (Lipinski definition) is 1. The number of carboxylic acids is 1. The number of carbonyl (C=O) groups is 1. The van der Waals surface area contributed by atoms with Gasteiger partial charge in [-0.1, -0.05) is 54.8 Å². The predicted molar refractivity (Wildman–Crippen MR) is 110 cm³/mol. The maximum atomic E-state index is 12.4. The number of benzene rings is 2. The average molecular weight is 360 g/mol. The van der Waals surface area contributed by atoms with Crippen molar-refractivity contribution in [2.75, 3.05) is 18.0 Å². The van der Waals surface area contributed by atoms with E-state index in [2.05, 4.69) is 4.90 Å². The second-order valence-electron chi connectivity index (χ2n) is 7.28. The summed E-state index contributed by atoms with van der Waals surface area (Å²) in [5.74, 6) is -0.885. The van der Waals surface area contributed by atoms with Crippen LogP contribution in [0.1, 0.15) is 41.6 Å². The van der Waals surface area contributed by atoms with Crippen molar-refractivity contribution in [3.8, 4) is 11.3 Å². The molecule has 0 saturated carbocycles. The van der Waals surface area contributed by atoms with Gasteiger partial charge in [0.2, 0.25) is 0 Å². The SMILES string of the molecule is Cc1ccc2nc(-c3ccccc3)c(N3CCCCCC3)c(C(=O)O)c2c1. The average Bonchev–Trinajstić information content (AvgIpc) is 2.96. The van der Waals surface area contributed by atoms with Gasteiger partial charge in [0.1, 0.15) is 0 Å². The van der Waals surface area contributed by atoms with E-state index in [0.717, 1.165) is 59.3 Å². The number of aromatic nitrogens is 1. The monoisotopic (exact) mass is 360 g/mol. The van der Waals surface area contributed by atoms with Crippen molar-refractivity contribution in [3.05, 3.63) is 59.7 Å². The van der Waals surface area contributed by atoms with Crippen LogP contribution in [-0.2, 0) is 0 Å². The van der Waals surface area contributed by atoms with Gasteiger partial charge in [0.15, 0.2) is 0 Å². The van der Waals surface area contributed by atoms with Crippen LogP contribution in [0.3, 0.4) is 0 Å². The maximum absolute atomic E-state index is 12.4. The van der Waals surface area contributed by atoms with Gasteiger partial charge in [0.05, 0.1) is 22.5 Å². The van der Waals surface area contributed by atoms with Gasteiger partial charge in [-0.25, -0.2) is 9.78 Å². The van der Waals surface area contributed by atoms with Gasteiger partial charge in [-0.15, -0.1) is 0 Å². The van der Waals surface area contributed by atoms with E-state index in [1.165, 1.54) is 12.8 Å². The second kappa shape index (κ2) is 7.39. The van der Waals surface area contributed by atoms with E-state index < -0.39 is 5.97 Å². The molecule has 0 aliphatic carbocycles. The summed E-state index contributed by atoms with van der Waals surface area (Å²) in [6, 6.07) is 15.8. The van der Waals surface area contributed by atoms with E-state index in [9.17, 15) is 9.90 Å². The molecule has 138 valence electrons. The van der Waals surface area contributed by atoms with Gasteiger partial charge < -0.3 is 10.0 Å². The molecule has 4 nitrogen and oxygen atoms in total. The fraction of sp³-hybridized carbons (Fsp3) is 0.304. The first-order valence-corrected chi connectivity index (χ1v) is 9.63. The van der Waals surface area contributed by atoms with Crippen molar-refractivity contribution in [3.63, 3.8) is 0 Å². The van der Waals surface area contributed by atoms with Crippen LogP contribution in [0.25, 0.3) is 22.2 Å². The highest BCUT2D eigenvalue weighted by Crippen LogP contribution is 2.38. The van der Waals surface area contributed by atoms with E-state index in [0.29, 0.717) is 5.56 Å². The van der Waals surface area contributed by atoms with Crippen LogP contribution < -0.4 is 4.90 Å². The molecule has 3 aromatic rings. The fourth-order valence-electron chi connectivity index (χ4n) is 3.98. The highest BCUT2D eigenvalue weighted by atomic mass is 16.4. The van der Waals surface area contributed by atoms with E-state index in [1.54, 1.807) is 0 Å². The first-order chi connectivity index (χ1) is 13.1. The van der Waals surface area contributed by atoms with Gasteiger partial charge >= 0.3 is 5.97 Å². The zero-order valence-corrected chi connectivity index (χ0v) is 15.6. The number of aryl methyl sites for hydroxylation is 1. The third-order valence-corrected chi connectivity index (χ3v) is 5.30. The van der Waals surface area contributed by atoms with Crippen LogP contribution in [-0.4, -0.2) is 29.1 Å². The van der Waals surface area contributed by atoms with Crippen LogP contribution in [0.5, 0.6) is 0 Å². The summed E-state index contributed by atoms with van der Waals surface area (Å²) >= 11 is 0. The molecule has 2 aromatic carbocycles. The predicted octanol–water partition coefficient (Wildman–Crippen LogP) is 5.29. The minimum atomic E-state index is -0.885. The van der Waals surface area contributed by atoms with E-state index in [1.807, 2.05) is 55.5 Å². The number of carboxylic acid groups (broad SMARTS) is 1. The molecule has 1 aliphatic rings. The lowest BCUT2D eigenvalue weighted by atomic mass is 9.98. The zero-order valence-electron chi connectivity index (χ0n) is 15.6. The first-order valence-electron chi connectivity index (χ1n) is 9.63. The number of fused-ring (bicyclic) bond motifs is 1. The third kappa shape index (κ3) is 3.39.